The zero-order valence-electron chi connectivity index (χ0n) is 12.0. The van der Waals surface area contributed by atoms with Gasteiger partial charge in [-0.2, -0.15) is 0 Å². The zero-order valence-corrected chi connectivity index (χ0v) is 12.0. The summed E-state index contributed by atoms with van der Waals surface area (Å²) >= 11 is 0. The van der Waals surface area contributed by atoms with E-state index in [9.17, 15) is 13.2 Å². The summed E-state index contributed by atoms with van der Waals surface area (Å²) in [5.74, 6) is -3.22. The smallest absolute Gasteiger partial charge is 0.140 e. The maximum absolute atomic E-state index is 13.7. The van der Waals surface area contributed by atoms with Gasteiger partial charge in [0.25, 0.3) is 0 Å². The Morgan fingerprint density at radius 2 is 1.45 bits per heavy atom. The second-order valence-corrected chi connectivity index (χ2v) is 4.79. The lowest BCUT2D eigenvalue weighted by molar-refractivity contribution is 0.393. The molecule has 0 spiro atoms. The van der Waals surface area contributed by atoms with Crippen LogP contribution in [0.4, 0.5) is 13.2 Å². The van der Waals surface area contributed by atoms with Crippen molar-refractivity contribution in [2.75, 3.05) is 13.1 Å². The van der Waals surface area contributed by atoms with Gasteiger partial charge in [-0.3, -0.25) is 5.41 Å². The van der Waals surface area contributed by atoms with Crippen molar-refractivity contribution < 1.29 is 13.2 Å². The molecular weight excluding hydrogens is 265 g/mol. The molecule has 0 fully saturated rings. The first-order valence-electron chi connectivity index (χ1n) is 6.99. The number of halogens is 3. The summed E-state index contributed by atoms with van der Waals surface area (Å²) in [5.41, 5.74) is -0.446. The monoisotopic (exact) mass is 286 g/mol. The Labute approximate surface area is 118 Å². The molecule has 1 N–H and O–H groups in total. The second kappa shape index (κ2) is 7.92. The van der Waals surface area contributed by atoms with Crippen LogP contribution >= 0.6 is 0 Å². The lowest BCUT2D eigenvalue weighted by atomic mass is 10.1. The quantitative estimate of drug-likeness (QED) is 0.586. The second-order valence-electron chi connectivity index (χ2n) is 4.79. The van der Waals surface area contributed by atoms with E-state index in [2.05, 4.69) is 0 Å². The molecule has 0 atom stereocenters. The molecule has 0 aliphatic rings. The van der Waals surface area contributed by atoms with E-state index in [0.717, 1.165) is 25.7 Å². The van der Waals surface area contributed by atoms with Gasteiger partial charge in [-0.1, -0.05) is 26.7 Å². The number of unbranched alkanes of at least 4 members (excludes halogenated alkanes) is 2. The molecule has 0 aromatic heterocycles. The van der Waals surface area contributed by atoms with Gasteiger partial charge in [0.1, 0.15) is 23.3 Å². The third-order valence-corrected chi connectivity index (χ3v) is 3.12. The lowest BCUT2D eigenvalue weighted by Gasteiger charge is -2.25. The Hall–Kier alpha value is -1.52. The Morgan fingerprint density at radius 3 is 1.85 bits per heavy atom. The van der Waals surface area contributed by atoms with E-state index in [-0.39, 0.29) is 5.84 Å². The van der Waals surface area contributed by atoms with Crippen LogP contribution in [0, 0.1) is 22.9 Å². The Morgan fingerprint density at radius 1 is 1.00 bits per heavy atom. The molecule has 0 radical (unpaired) electrons. The third kappa shape index (κ3) is 4.25. The van der Waals surface area contributed by atoms with Gasteiger partial charge in [0, 0.05) is 25.2 Å². The van der Waals surface area contributed by atoms with E-state index in [1.807, 2.05) is 13.8 Å². The van der Waals surface area contributed by atoms with Gasteiger partial charge in [0.15, 0.2) is 0 Å². The van der Waals surface area contributed by atoms with Crippen LogP contribution < -0.4 is 0 Å². The molecule has 112 valence electrons. The highest BCUT2D eigenvalue weighted by Crippen LogP contribution is 2.17. The number of nitrogens with one attached hydrogen (secondary N) is 1. The van der Waals surface area contributed by atoms with Gasteiger partial charge < -0.3 is 4.90 Å². The van der Waals surface area contributed by atoms with E-state index in [0.29, 0.717) is 25.2 Å². The van der Waals surface area contributed by atoms with Gasteiger partial charge >= 0.3 is 0 Å². The molecule has 0 saturated heterocycles. The lowest BCUT2D eigenvalue weighted by Crippen LogP contribution is -2.34. The maximum atomic E-state index is 13.7. The van der Waals surface area contributed by atoms with Crippen LogP contribution in [0.5, 0.6) is 0 Å². The van der Waals surface area contributed by atoms with Gasteiger partial charge in [0.2, 0.25) is 0 Å². The van der Waals surface area contributed by atoms with Crippen molar-refractivity contribution >= 4 is 5.84 Å². The van der Waals surface area contributed by atoms with Crippen LogP contribution in [0.1, 0.15) is 45.1 Å². The van der Waals surface area contributed by atoms with Crippen LogP contribution in [-0.4, -0.2) is 23.8 Å². The van der Waals surface area contributed by atoms with E-state index in [1.165, 1.54) is 0 Å². The Kier molecular flexibility index (Phi) is 6.55. The molecule has 0 aliphatic heterocycles. The number of benzene rings is 1. The molecule has 0 saturated carbocycles. The fraction of sp³-hybridized carbons (Fsp3) is 0.533. The molecule has 0 unspecified atom stereocenters. The summed E-state index contributed by atoms with van der Waals surface area (Å²) in [5, 5.41) is 8.02. The average molecular weight is 286 g/mol. The first-order chi connectivity index (χ1) is 9.51. The van der Waals surface area contributed by atoms with Crippen LogP contribution in [0.25, 0.3) is 0 Å². The summed E-state index contributed by atoms with van der Waals surface area (Å²) < 4.78 is 40.4. The molecule has 0 aliphatic carbocycles. The maximum Gasteiger partial charge on any atom is 0.140 e. The molecule has 1 aromatic rings. The van der Waals surface area contributed by atoms with Crippen molar-refractivity contribution in [3.05, 3.63) is 35.1 Å². The minimum atomic E-state index is -1.02. The number of amidine groups is 1. The molecular formula is C15H21F3N2. The summed E-state index contributed by atoms with van der Waals surface area (Å²) in [6.07, 6.45) is 3.56. The predicted molar refractivity (Wildman–Crippen MR) is 74.5 cm³/mol. The zero-order chi connectivity index (χ0) is 15.1. The van der Waals surface area contributed by atoms with Gasteiger partial charge in [-0.05, 0) is 12.8 Å². The predicted octanol–water partition coefficient (Wildman–Crippen LogP) is 4.33. The van der Waals surface area contributed by atoms with Crippen molar-refractivity contribution in [2.24, 2.45) is 0 Å². The number of hydrogen-bond acceptors (Lipinski definition) is 1. The Balaban J connectivity index is 2.98. The first-order valence-corrected chi connectivity index (χ1v) is 6.99. The number of rotatable bonds is 7. The molecule has 2 nitrogen and oxygen atoms in total. The van der Waals surface area contributed by atoms with Gasteiger partial charge in [-0.15, -0.1) is 0 Å². The summed E-state index contributed by atoms with van der Waals surface area (Å²) in [6.45, 7) is 5.18. The van der Waals surface area contributed by atoms with E-state index >= 15 is 0 Å². The SMILES string of the molecule is CCCCN(CCCC)C(=N)c1c(F)cc(F)cc1F. The first kappa shape index (κ1) is 16.5. The van der Waals surface area contributed by atoms with Crippen LogP contribution in [0.3, 0.4) is 0 Å². The number of nitrogens with zero attached hydrogens (tertiary/aromatic N) is 1. The minimum absolute atomic E-state index is 0.207. The summed E-state index contributed by atoms with van der Waals surface area (Å²) in [7, 11) is 0. The van der Waals surface area contributed by atoms with Crippen molar-refractivity contribution in [2.45, 2.75) is 39.5 Å². The van der Waals surface area contributed by atoms with Crippen LogP contribution in [0.15, 0.2) is 12.1 Å². The van der Waals surface area contributed by atoms with Crippen LogP contribution in [-0.2, 0) is 0 Å². The molecule has 5 heteroatoms. The van der Waals surface area contributed by atoms with Gasteiger partial charge in [0.05, 0.1) is 5.56 Å². The fourth-order valence-electron chi connectivity index (χ4n) is 1.96. The summed E-state index contributed by atoms with van der Waals surface area (Å²) in [6, 6.07) is 1.23. The topological polar surface area (TPSA) is 27.1 Å². The van der Waals surface area contributed by atoms with E-state index in [4.69, 9.17) is 5.41 Å². The number of hydrogen-bond donors (Lipinski definition) is 1. The highest BCUT2D eigenvalue weighted by atomic mass is 19.1. The summed E-state index contributed by atoms with van der Waals surface area (Å²) in [4.78, 5) is 1.66. The van der Waals surface area contributed by atoms with Crippen molar-refractivity contribution in [1.82, 2.24) is 4.90 Å². The molecule has 0 bridgehead atoms. The highest BCUT2D eigenvalue weighted by Gasteiger charge is 2.20. The average Bonchev–Trinajstić information content (AvgIpc) is 2.37. The van der Waals surface area contributed by atoms with Crippen LogP contribution in [0.2, 0.25) is 0 Å². The molecule has 20 heavy (non-hydrogen) atoms. The van der Waals surface area contributed by atoms with Crippen molar-refractivity contribution in [3.8, 4) is 0 Å². The normalized spacial score (nSPS) is 10.7. The standard InChI is InChI=1S/C15H21F3N2/c1-3-5-7-20(8-6-4-2)15(19)14-12(17)9-11(16)10-13(14)18/h9-10,19H,3-8H2,1-2H3. The molecule has 1 rings (SSSR count). The van der Waals surface area contributed by atoms with E-state index < -0.39 is 23.0 Å². The van der Waals surface area contributed by atoms with Crippen molar-refractivity contribution in [3.63, 3.8) is 0 Å². The molecule has 1 aromatic carbocycles. The molecule has 0 heterocycles. The van der Waals surface area contributed by atoms with Crippen molar-refractivity contribution in [1.29, 1.82) is 5.41 Å². The largest absolute Gasteiger partial charge is 0.356 e. The van der Waals surface area contributed by atoms with E-state index in [1.54, 1.807) is 4.90 Å². The van der Waals surface area contributed by atoms with Gasteiger partial charge in [-0.25, -0.2) is 13.2 Å². The molecule has 0 amide bonds. The Bertz CT molecular complexity index is 429. The minimum Gasteiger partial charge on any atom is -0.356 e. The highest BCUT2D eigenvalue weighted by molar-refractivity contribution is 5.96. The fourth-order valence-corrected chi connectivity index (χ4v) is 1.96. The third-order valence-electron chi connectivity index (χ3n) is 3.12.